The SMILES string of the molecule is CCC(=O)C(N1CCN(C)CC1)(N1CCN(C)CC1)C(I)(I)[CH]S. The van der Waals surface area contributed by atoms with Crippen LogP contribution in [0.4, 0.5) is 0 Å². The highest BCUT2D eigenvalue weighted by molar-refractivity contribution is 14.2. The normalized spacial score (nSPS) is 23.6. The quantitative estimate of drug-likeness (QED) is 0.295. The molecule has 5 nitrogen and oxygen atoms in total. The van der Waals surface area contributed by atoms with E-state index in [9.17, 15) is 4.79 Å². The number of piperazine rings is 2. The van der Waals surface area contributed by atoms with Crippen LogP contribution in [0.5, 0.6) is 0 Å². The van der Waals surface area contributed by atoms with Gasteiger partial charge in [-0.2, -0.15) is 12.6 Å². The number of hydrogen-bond donors (Lipinski definition) is 1. The second kappa shape index (κ2) is 9.01. The van der Waals surface area contributed by atoms with Crippen LogP contribution in [0.3, 0.4) is 0 Å². The number of rotatable bonds is 6. The van der Waals surface area contributed by atoms with Crippen LogP contribution in [0.2, 0.25) is 0 Å². The van der Waals surface area contributed by atoms with E-state index in [0.717, 1.165) is 52.4 Å². The Morgan fingerprint density at radius 1 is 0.958 bits per heavy atom. The third-order valence-corrected chi connectivity index (χ3v) is 8.76. The summed E-state index contributed by atoms with van der Waals surface area (Å²) in [6, 6.07) is 0. The smallest absolute Gasteiger partial charge is 0.169 e. The Morgan fingerprint density at radius 2 is 1.33 bits per heavy atom. The summed E-state index contributed by atoms with van der Waals surface area (Å²) in [6.45, 7) is 9.68. The number of thiol groups is 1. The van der Waals surface area contributed by atoms with Crippen molar-refractivity contribution in [3.63, 3.8) is 0 Å². The van der Waals surface area contributed by atoms with Crippen LogP contribution in [0.15, 0.2) is 0 Å². The zero-order chi connectivity index (χ0) is 18.0. The molecule has 0 aromatic carbocycles. The van der Waals surface area contributed by atoms with Gasteiger partial charge in [0.1, 0.15) is 1.43 Å². The molecule has 2 rings (SSSR count). The average molecular weight is 579 g/mol. The summed E-state index contributed by atoms with van der Waals surface area (Å²) in [6.07, 6.45) is 0.550. The van der Waals surface area contributed by atoms with E-state index in [-0.39, 0.29) is 1.43 Å². The molecular formula is C16H29I2N4OS. The van der Waals surface area contributed by atoms with Crippen molar-refractivity contribution in [2.75, 3.05) is 66.5 Å². The molecule has 2 saturated heterocycles. The Kier molecular flexibility index (Phi) is 8.11. The highest BCUT2D eigenvalue weighted by atomic mass is 127. The Hall–Kier alpha value is 1.32. The van der Waals surface area contributed by atoms with Gasteiger partial charge in [0.05, 0.1) is 0 Å². The minimum Gasteiger partial charge on any atom is -0.304 e. The standard InChI is InChI=1S/C16H29I2N4OS/c1-4-14(23)16(15(17,18)13-24,21-9-5-19(2)6-10-21)22-11-7-20(3)8-12-22/h13,24H,4-12H2,1-3H3. The van der Waals surface area contributed by atoms with Crippen LogP contribution in [0.25, 0.3) is 0 Å². The molecule has 0 atom stereocenters. The van der Waals surface area contributed by atoms with Gasteiger partial charge < -0.3 is 9.80 Å². The number of ketones is 1. The van der Waals surface area contributed by atoms with E-state index < -0.39 is 5.66 Å². The largest absolute Gasteiger partial charge is 0.304 e. The number of Topliss-reactive ketones (excluding diaryl/α,β-unsaturated/α-hetero) is 1. The predicted octanol–water partition coefficient (Wildman–Crippen LogP) is 1.81. The van der Waals surface area contributed by atoms with Gasteiger partial charge in [0, 0.05) is 64.5 Å². The molecule has 0 N–H and O–H groups in total. The first-order chi connectivity index (χ1) is 11.3. The number of halogens is 2. The van der Waals surface area contributed by atoms with Crippen LogP contribution in [0, 0.1) is 5.75 Å². The van der Waals surface area contributed by atoms with Gasteiger partial charge in [0.15, 0.2) is 11.4 Å². The molecule has 0 bridgehead atoms. The van der Waals surface area contributed by atoms with Gasteiger partial charge in [0.25, 0.3) is 0 Å². The molecule has 8 heteroatoms. The molecule has 0 amide bonds. The summed E-state index contributed by atoms with van der Waals surface area (Å²) in [5, 5.41) is 0. The van der Waals surface area contributed by atoms with Crippen molar-refractivity contribution in [1.29, 1.82) is 0 Å². The van der Waals surface area contributed by atoms with Crippen molar-refractivity contribution < 1.29 is 4.79 Å². The topological polar surface area (TPSA) is 30.0 Å². The molecular weight excluding hydrogens is 550 g/mol. The van der Waals surface area contributed by atoms with E-state index in [4.69, 9.17) is 0 Å². The van der Waals surface area contributed by atoms with Gasteiger partial charge >= 0.3 is 0 Å². The van der Waals surface area contributed by atoms with Crippen LogP contribution in [-0.2, 0) is 4.79 Å². The molecule has 2 aliphatic heterocycles. The lowest BCUT2D eigenvalue weighted by Gasteiger charge is -2.58. The lowest BCUT2D eigenvalue weighted by Crippen LogP contribution is -2.76. The molecule has 0 unspecified atom stereocenters. The maximum atomic E-state index is 13.4. The van der Waals surface area contributed by atoms with Crippen molar-refractivity contribution in [2.24, 2.45) is 0 Å². The monoisotopic (exact) mass is 579 g/mol. The number of alkyl halides is 2. The predicted molar refractivity (Wildman–Crippen MR) is 120 cm³/mol. The minimum absolute atomic E-state index is 0.311. The van der Waals surface area contributed by atoms with Gasteiger partial charge in [-0.1, -0.05) is 52.1 Å². The number of nitrogens with zero attached hydrogens (tertiary/aromatic N) is 4. The number of carbonyl (C=O) groups excluding carboxylic acids is 1. The molecule has 0 aromatic heterocycles. The van der Waals surface area contributed by atoms with Crippen LogP contribution in [-0.4, -0.2) is 98.9 Å². The fraction of sp³-hybridized carbons (Fsp3) is 0.875. The molecule has 2 fully saturated rings. The van der Waals surface area contributed by atoms with Crippen LogP contribution < -0.4 is 0 Å². The molecule has 24 heavy (non-hydrogen) atoms. The van der Waals surface area contributed by atoms with Gasteiger partial charge in [-0.15, -0.1) is 0 Å². The number of hydrogen-bond acceptors (Lipinski definition) is 6. The van der Waals surface area contributed by atoms with E-state index >= 15 is 0 Å². The third-order valence-electron chi connectivity index (χ3n) is 5.26. The van der Waals surface area contributed by atoms with Crippen molar-refractivity contribution in [3.8, 4) is 0 Å². The van der Waals surface area contributed by atoms with Crippen molar-refractivity contribution in [2.45, 2.75) is 20.4 Å². The highest BCUT2D eigenvalue weighted by Crippen LogP contribution is 2.49. The van der Waals surface area contributed by atoms with E-state index in [1.165, 1.54) is 0 Å². The molecule has 1 radical (unpaired) electrons. The Morgan fingerprint density at radius 3 is 1.62 bits per heavy atom. The van der Waals surface area contributed by atoms with Gasteiger partial charge in [-0.05, 0) is 14.1 Å². The second-order valence-corrected chi connectivity index (χ2v) is 12.5. The summed E-state index contributed by atoms with van der Waals surface area (Å²) in [4.78, 5) is 23.0. The highest BCUT2D eigenvalue weighted by Gasteiger charge is 2.60. The maximum absolute atomic E-state index is 13.4. The molecule has 139 valence electrons. The van der Waals surface area contributed by atoms with Gasteiger partial charge in [0.2, 0.25) is 0 Å². The lowest BCUT2D eigenvalue weighted by atomic mass is 9.92. The Labute approximate surface area is 179 Å². The fourth-order valence-electron chi connectivity index (χ4n) is 3.76. The zero-order valence-corrected chi connectivity index (χ0v) is 20.1. The van der Waals surface area contributed by atoms with E-state index in [0.29, 0.717) is 12.2 Å². The molecule has 2 aliphatic rings. The molecule has 0 spiro atoms. The fourth-order valence-corrected chi connectivity index (χ4v) is 5.90. The first-order valence-corrected chi connectivity index (χ1v) is 11.2. The van der Waals surface area contributed by atoms with Gasteiger partial charge in [-0.25, -0.2) is 0 Å². The third kappa shape index (κ3) is 4.09. The summed E-state index contributed by atoms with van der Waals surface area (Å²) < 4.78 is -0.384. The number of carbonyl (C=O) groups is 1. The van der Waals surface area contributed by atoms with E-state index in [2.05, 4.69) is 91.5 Å². The number of likely N-dealkylation sites (N-methyl/N-ethyl adjacent to an activating group) is 2. The average Bonchev–Trinajstić information content (AvgIpc) is 2.58. The van der Waals surface area contributed by atoms with Crippen molar-refractivity contribution in [1.82, 2.24) is 19.6 Å². The summed E-state index contributed by atoms with van der Waals surface area (Å²) >= 11 is 9.40. The maximum Gasteiger partial charge on any atom is 0.169 e. The molecule has 0 aliphatic carbocycles. The molecule has 0 saturated carbocycles. The van der Waals surface area contributed by atoms with Crippen LogP contribution >= 0.6 is 57.8 Å². The summed E-state index contributed by atoms with van der Waals surface area (Å²) in [5.41, 5.74) is -0.618. The first-order valence-electron chi connectivity index (χ1n) is 8.56. The van der Waals surface area contributed by atoms with Crippen molar-refractivity contribution >= 4 is 63.6 Å². The molecule has 0 aromatic rings. The second-order valence-electron chi connectivity index (χ2n) is 6.78. The summed E-state index contributed by atoms with van der Waals surface area (Å²) in [7, 11) is 4.31. The van der Waals surface area contributed by atoms with E-state index in [1.54, 1.807) is 0 Å². The Bertz CT molecular complexity index is 414. The first kappa shape index (κ1) is 21.6. The Balaban J connectivity index is 2.45. The van der Waals surface area contributed by atoms with Crippen molar-refractivity contribution in [3.05, 3.63) is 5.75 Å². The minimum atomic E-state index is -0.618. The van der Waals surface area contributed by atoms with E-state index in [1.807, 2.05) is 12.7 Å². The molecule has 2 heterocycles. The van der Waals surface area contributed by atoms with Crippen LogP contribution in [0.1, 0.15) is 13.3 Å². The van der Waals surface area contributed by atoms with Gasteiger partial charge in [-0.3, -0.25) is 14.6 Å². The summed E-state index contributed by atoms with van der Waals surface area (Å²) in [5.74, 6) is 2.23. The zero-order valence-electron chi connectivity index (χ0n) is 14.8. The lowest BCUT2D eigenvalue weighted by molar-refractivity contribution is -0.152.